The van der Waals surface area contributed by atoms with Gasteiger partial charge in [0.2, 0.25) is 0 Å². The Kier molecular flexibility index (Phi) is 15.1. The molecule has 8 nitrogen and oxygen atoms in total. The lowest BCUT2D eigenvalue weighted by molar-refractivity contribution is -0.150. The van der Waals surface area contributed by atoms with Crippen LogP contribution in [0, 0.1) is 11.8 Å². The molecule has 1 fully saturated rings. The lowest BCUT2D eigenvalue weighted by atomic mass is 9.77. The van der Waals surface area contributed by atoms with Crippen LogP contribution < -0.4 is 9.47 Å². The van der Waals surface area contributed by atoms with Crippen LogP contribution in [0.3, 0.4) is 0 Å². The number of hydrogen-bond acceptors (Lipinski definition) is 8. The molecule has 0 radical (unpaired) electrons. The first kappa shape index (κ1) is 37.6. The Hall–Kier alpha value is -4.21. The van der Waals surface area contributed by atoms with Crippen molar-refractivity contribution in [3.8, 4) is 33.8 Å². The molecule has 1 atom stereocenters. The average Bonchev–Trinajstić information content (AvgIpc) is 3.15. The third kappa shape index (κ3) is 11.4. The molecule has 3 aromatic carbocycles. The van der Waals surface area contributed by atoms with E-state index in [2.05, 4.69) is 55.1 Å². The largest absolute Gasteiger partial charge is 0.486 e. The third-order valence-electron chi connectivity index (χ3n) is 9.04. The molecule has 9 heteroatoms. The quantitative estimate of drug-likeness (QED) is 0.0765. The Balaban J connectivity index is 1.38. The number of alkyl halides is 1. The van der Waals surface area contributed by atoms with E-state index in [1.165, 1.54) is 31.2 Å². The van der Waals surface area contributed by atoms with Gasteiger partial charge in [-0.15, -0.1) is 0 Å². The minimum atomic E-state index is -0.697. The molecule has 0 heterocycles. The van der Waals surface area contributed by atoms with Gasteiger partial charge in [-0.3, -0.25) is 9.18 Å². The predicted octanol–water partition coefficient (Wildman–Crippen LogP) is 7.46. The fraction of sp³-hybridized carbons (Fsp3) is 0.450. The number of carbonyl (C=O) groups is 2. The fourth-order valence-electron chi connectivity index (χ4n) is 6.00. The maximum Gasteiger partial charge on any atom is 0.335 e. The minimum Gasteiger partial charge on any atom is -0.486 e. The van der Waals surface area contributed by atoms with Crippen molar-refractivity contribution in [3.05, 3.63) is 84.4 Å². The number of aliphatic hydroxyl groups is 2. The molecule has 4 rings (SSSR count). The smallest absolute Gasteiger partial charge is 0.335 e. The summed E-state index contributed by atoms with van der Waals surface area (Å²) < 4.78 is 34.5. The van der Waals surface area contributed by atoms with Gasteiger partial charge in [-0.2, -0.15) is 0 Å². The van der Waals surface area contributed by atoms with Crippen LogP contribution in [0.4, 0.5) is 4.39 Å². The summed E-state index contributed by atoms with van der Waals surface area (Å²) in [6, 6.07) is 22.7. The molecule has 0 bridgehead atoms. The summed E-state index contributed by atoms with van der Waals surface area (Å²) in [7, 11) is 0. The highest BCUT2D eigenvalue weighted by atomic mass is 19.1. The van der Waals surface area contributed by atoms with E-state index in [0.717, 1.165) is 41.0 Å². The molecule has 2 N–H and O–H groups in total. The van der Waals surface area contributed by atoms with Crippen molar-refractivity contribution < 1.29 is 43.1 Å². The third-order valence-corrected chi connectivity index (χ3v) is 9.04. The summed E-state index contributed by atoms with van der Waals surface area (Å²) in [4.78, 5) is 23.7. The molecule has 3 aromatic rings. The second-order valence-corrected chi connectivity index (χ2v) is 12.6. The second-order valence-electron chi connectivity index (χ2n) is 12.6. The molecular formula is C40H49FO8. The highest BCUT2D eigenvalue weighted by Gasteiger charge is 2.22. The van der Waals surface area contributed by atoms with Crippen LogP contribution in [0.25, 0.3) is 22.3 Å². The van der Waals surface area contributed by atoms with Crippen molar-refractivity contribution in [2.75, 3.05) is 46.3 Å². The molecule has 0 aromatic heterocycles. The van der Waals surface area contributed by atoms with Crippen molar-refractivity contribution in [2.24, 2.45) is 11.8 Å². The van der Waals surface area contributed by atoms with E-state index in [1.54, 1.807) is 13.0 Å². The molecule has 49 heavy (non-hydrogen) atoms. The van der Waals surface area contributed by atoms with E-state index >= 15 is 0 Å². The minimum absolute atomic E-state index is 0.00983. The van der Waals surface area contributed by atoms with E-state index in [4.69, 9.17) is 29.2 Å². The first-order chi connectivity index (χ1) is 23.8. The summed E-state index contributed by atoms with van der Waals surface area (Å²) in [5.41, 5.74) is 5.47. The monoisotopic (exact) mass is 676 g/mol. The molecular weight excluding hydrogens is 627 g/mol. The molecule has 0 aliphatic heterocycles. The average molecular weight is 677 g/mol. The van der Waals surface area contributed by atoms with Gasteiger partial charge in [-0.25, -0.2) is 4.79 Å². The highest BCUT2D eigenvalue weighted by Crippen LogP contribution is 2.39. The SMILES string of the molecule is C=C(CO)C(=O)OCCOc1ccc(-c2ccc(-c3ccc(C4CCC(CCCCF)CC4)cc3)cc2)cc1OCCOC(=O)C(C)CO. The van der Waals surface area contributed by atoms with E-state index in [0.29, 0.717) is 23.8 Å². The van der Waals surface area contributed by atoms with Crippen molar-refractivity contribution in [1.29, 1.82) is 0 Å². The van der Waals surface area contributed by atoms with Crippen LogP contribution in [0.1, 0.15) is 63.4 Å². The Morgan fingerprint density at radius 1 is 0.776 bits per heavy atom. The Bertz CT molecular complexity index is 1480. The van der Waals surface area contributed by atoms with Gasteiger partial charge in [-0.05, 0) is 90.8 Å². The lowest BCUT2D eigenvalue weighted by Gasteiger charge is -2.29. The van der Waals surface area contributed by atoms with Crippen LogP contribution in [0.5, 0.6) is 11.5 Å². The molecule has 1 aliphatic rings. The number of unbranched alkanes of at least 4 members (excludes halogenated alkanes) is 1. The van der Waals surface area contributed by atoms with Gasteiger partial charge in [0.05, 0.1) is 31.4 Å². The van der Waals surface area contributed by atoms with Crippen LogP contribution in [-0.2, 0) is 19.1 Å². The van der Waals surface area contributed by atoms with Gasteiger partial charge in [0, 0.05) is 0 Å². The first-order valence-corrected chi connectivity index (χ1v) is 17.2. The van der Waals surface area contributed by atoms with E-state index in [-0.39, 0.29) is 45.3 Å². The Labute approximate surface area is 288 Å². The van der Waals surface area contributed by atoms with E-state index in [1.807, 2.05) is 12.1 Å². The molecule has 0 saturated heterocycles. The standard InChI is InChI=1S/C40H49FO8/c1-28(26-42)39(44)48-23-21-46-37-19-18-36(25-38(37)47-22-24-49-40(45)29(2)27-43)35-16-14-34(15-17-35)33-12-10-32(11-13-33)31-8-6-30(7-9-31)5-3-4-20-41/h10-19,25,29-31,42-43H,1,3-9,20-24,26-27H2,2H3. The van der Waals surface area contributed by atoms with Crippen molar-refractivity contribution in [2.45, 2.75) is 57.8 Å². The number of carbonyl (C=O) groups excluding carboxylic acids is 2. The second kappa shape index (κ2) is 19.7. The van der Waals surface area contributed by atoms with Crippen molar-refractivity contribution in [1.82, 2.24) is 0 Å². The summed E-state index contributed by atoms with van der Waals surface area (Å²) >= 11 is 0. The Morgan fingerprint density at radius 2 is 1.35 bits per heavy atom. The fourth-order valence-corrected chi connectivity index (χ4v) is 6.00. The predicted molar refractivity (Wildman–Crippen MR) is 187 cm³/mol. The van der Waals surface area contributed by atoms with Crippen molar-refractivity contribution >= 4 is 11.9 Å². The maximum atomic E-state index is 12.4. The number of ether oxygens (including phenoxy) is 4. The van der Waals surface area contributed by atoms with Gasteiger partial charge in [-0.1, -0.05) is 74.0 Å². The molecule has 264 valence electrons. The van der Waals surface area contributed by atoms with Gasteiger partial charge in [0.1, 0.15) is 26.4 Å². The lowest BCUT2D eigenvalue weighted by Crippen LogP contribution is -2.20. The van der Waals surface area contributed by atoms with Gasteiger partial charge >= 0.3 is 11.9 Å². The zero-order valence-electron chi connectivity index (χ0n) is 28.4. The molecule has 1 saturated carbocycles. The zero-order valence-corrected chi connectivity index (χ0v) is 28.4. The molecule has 1 unspecified atom stereocenters. The number of esters is 2. The zero-order chi connectivity index (χ0) is 35.0. The number of benzene rings is 3. The normalized spacial score (nSPS) is 16.4. The van der Waals surface area contributed by atoms with Crippen molar-refractivity contribution in [3.63, 3.8) is 0 Å². The molecule has 1 aliphatic carbocycles. The number of halogens is 1. The highest BCUT2D eigenvalue weighted by molar-refractivity contribution is 5.87. The van der Waals surface area contributed by atoms with Crippen LogP contribution in [-0.4, -0.2) is 68.5 Å². The summed E-state index contributed by atoms with van der Waals surface area (Å²) in [6.07, 6.45) is 7.71. The Morgan fingerprint density at radius 3 is 1.96 bits per heavy atom. The molecule has 0 amide bonds. The van der Waals surface area contributed by atoms with Crippen LogP contribution in [0.2, 0.25) is 0 Å². The van der Waals surface area contributed by atoms with Gasteiger partial charge in [0.25, 0.3) is 0 Å². The van der Waals surface area contributed by atoms with Gasteiger partial charge in [0.15, 0.2) is 11.5 Å². The maximum absolute atomic E-state index is 12.4. The summed E-state index contributed by atoms with van der Waals surface area (Å²) in [6.45, 7) is 4.07. The number of aliphatic hydroxyl groups excluding tert-OH is 2. The van der Waals surface area contributed by atoms with E-state index in [9.17, 15) is 14.0 Å². The molecule has 0 spiro atoms. The summed E-state index contributed by atoms with van der Waals surface area (Å²) in [5.74, 6) is 0.340. The summed E-state index contributed by atoms with van der Waals surface area (Å²) in [5, 5.41) is 18.2. The first-order valence-electron chi connectivity index (χ1n) is 17.2. The number of hydrogen-bond donors (Lipinski definition) is 2. The van der Waals surface area contributed by atoms with Crippen LogP contribution in [0.15, 0.2) is 78.9 Å². The van der Waals surface area contributed by atoms with Gasteiger partial charge < -0.3 is 29.2 Å². The van der Waals surface area contributed by atoms with E-state index < -0.39 is 24.5 Å². The topological polar surface area (TPSA) is 112 Å². The van der Waals surface area contributed by atoms with Crippen LogP contribution >= 0.6 is 0 Å². The number of rotatable bonds is 19.